The van der Waals surface area contributed by atoms with Crippen LogP contribution in [-0.2, 0) is 9.53 Å². The number of nitrogens with one attached hydrogen (secondary N) is 2. The van der Waals surface area contributed by atoms with Gasteiger partial charge in [0.25, 0.3) is 0 Å². The number of halogens is 1. The number of methoxy groups -OCH3 is 1. The minimum absolute atomic E-state index is 0.151. The molecule has 0 atom stereocenters. The van der Waals surface area contributed by atoms with E-state index in [0.717, 1.165) is 0 Å². The van der Waals surface area contributed by atoms with Gasteiger partial charge in [-0.05, 0) is 31.2 Å². The van der Waals surface area contributed by atoms with Crippen molar-refractivity contribution >= 4 is 34.9 Å². The van der Waals surface area contributed by atoms with Gasteiger partial charge < -0.3 is 20.1 Å². The molecule has 0 aliphatic heterocycles. The molecule has 28 heavy (non-hydrogen) atoms. The first-order chi connectivity index (χ1) is 13.4. The molecule has 0 bridgehead atoms. The number of hydrogen-bond donors (Lipinski definition) is 2. The van der Waals surface area contributed by atoms with Crippen LogP contribution in [0.1, 0.15) is 19.4 Å². The number of hydrogen-bond acceptors (Lipinski definition) is 5. The highest BCUT2D eigenvalue weighted by molar-refractivity contribution is 5.89. The summed E-state index contributed by atoms with van der Waals surface area (Å²) in [5.41, 5.74) is 2.38. The number of benzene rings is 2. The van der Waals surface area contributed by atoms with Crippen molar-refractivity contribution in [1.82, 2.24) is 0 Å². The fourth-order valence-corrected chi connectivity index (χ4v) is 2.51. The molecule has 2 N–H and O–H groups in total. The van der Waals surface area contributed by atoms with Gasteiger partial charge in [-0.2, -0.15) is 0 Å². The minimum atomic E-state index is -0.497. The predicted octanol–water partition coefficient (Wildman–Crippen LogP) is 4.61. The predicted molar refractivity (Wildman–Crippen MR) is 111 cm³/mol. The normalized spacial score (nSPS) is 10.7. The lowest BCUT2D eigenvalue weighted by molar-refractivity contribution is -0.114. The Bertz CT molecular complexity index is 864. The number of rotatable bonds is 9. The van der Waals surface area contributed by atoms with E-state index in [1.54, 1.807) is 50.6 Å². The molecule has 148 valence electrons. The van der Waals surface area contributed by atoms with Crippen molar-refractivity contribution in [3.63, 3.8) is 0 Å². The van der Waals surface area contributed by atoms with Gasteiger partial charge in [-0.15, -0.1) is 0 Å². The van der Waals surface area contributed by atoms with Gasteiger partial charge in [-0.3, -0.25) is 9.79 Å². The van der Waals surface area contributed by atoms with Crippen molar-refractivity contribution < 1.29 is 18.7 Å². The molecule has 0 heterocycles. The molecule has 1 amide bonds. The van der Waals surface area contributed by atoms with E-state index in [4.69, 9.17) is 9.47 Å². The lowest BCUT2D eigenvalue weighted by atomic mass is 10.1. The van der Waals surface area contributed by atoms with Crippen molar-refractivity contribution in [2.45, 2.75) is 13.8 Å². The van der Waals surface area contributed by atoms with Crippen LogP contribution in [-0.4, -0.2) is 32.4 Å². The van der Waals surface area contributed by atoms with Crippen LogP contribution in [0.25, 0.3) is 5.70 Å². The summed E-state index contributed by atoms with van der Waals surface area (Å²) in [4.78, 5) is 15.3. The van der Waals surface area contributed by atoms with Crippen LogP contribution in [0.3, 0.4) is 0 Å². The Balaban J connectivity index is 2.22. The monoisotopic (exact) mass is 385 g/mol. The third kappa shape index (κ3) is 5.92. The lowest BCUT2D eigenvalue weighted by Crippen LogP contribution is -2.06. The molecule has 0 spiro atoms. The molecule has 2 rings (SSSR count). The van der Waals surface area contributed by atoms with Gasteiger partial charge >= 0.3 is 0 Å². The van der Waals surface area contributed by atoms with Gasteiger partial charge in [0, 0.05) is 49.5 Å². The smallest absolute Gasteiger partial charge is 0.221 e. The molecular formula is C21H24FN3O3. The summed E-state index contributed by atoms with van der Waals surface area (Å²) in [5.74, 6) is -0.281. The van der Waals surface area contributed by atoms with Crippen LogP contribution >= 0.6 is 0 Å². The fraction of sp³-hybridized carbons (Fsp3) is 0.238. The third-order valence-electron chi connectivity index (χ3n) is 3.67. The van der Waals surface area contributed by atoms with Crippen molar-refractivity contribution in [3.05, 3.63) is 54.4 Å². The standard InChI is InChI=1S/C21H24FN3O3/c1-5-23-20-13-18(28-11-10-27-4)12-19(22)21(20)14(2)24-16-6-8-17(9-7-16)25-15(3)26/h5-9,12-13,24H,2,10-11H2,1,3-4H3,(H,25,26). The Morgan fingerprint density at radius 2 is 1.82 bits per heavy atom. The number of ether oxygens (including phenoxy) is 2. The average Bonchev–Trinajstić information content (AvgIpc) is 2.63. The minimum Gasteiger partial charge on any atom is -0.491 e. The van der Waals surface area contributed by atoms with E-state index in [1.807, 2.05) is 0 Å². The molecule has 2 aromatic carbocycles. The van der Waals surface area contributed by atoms with Crippen molar-refractivity contribution in [1.29, 1.82) is 0 Å². The zero-order chi connectivity index (χ0) is 20.5. The zero-order valence-corrected chi connectivity index (χ0v) is 16.2. The molecular weight excluding hydrogens is 361 g/mol. The van der Waals surface area contributed by atoms with Crippen LogP contribution in [0.5, 0.6) is 5.75 Å². The number of carbonyl (C=O) groups is 1. The van der Waals surface area contributed by atoms with Crippen molar-refractivity contribution in [3.8, 4) is 5.75 Å². The highest BCUT2D eigenvalue weighted by atomic mass is 19.1. The van der Waals surface area contributed by atoms with Crippen molar-refractivity contribution in [2.24, 2.45) is 4.99 Å². The van der Waals surface area contributed by atoms with Gasteiger partial charge in [-0.1, -0.05) is 6.58 Å². The molecule has 0 fully saturated rings. The molecule has 0 aromatic heterocycles. The summed E-state index contributed by atoms with van der Waals surface area (Å²) in [7, 11) is 1.57. The zero-order valence-electron chi connectivity index (χ0n) is 16.2. The summed E-state index contributed by atoms with van der Waals surface area (Å²) >= 11 is 0. The largest absolute Gasteiger partial charge is 0.491 e. The maximum absolute atomic E-state index is 14.8. The van der Waals surface area contributed by atoms with E-state index in [0.29, 0.717) is 41.7 Å². The molecule has 0 saturated heterocycles. The summed E-state index contributed by atoms with van der Waals surface area (Å²) in [5, 5.41) is 5.76. The topological polar surface area (TPSA) is 72.0 Å². The summed E-state index contributed by atoms with van der Waals surface area (Å²) in [6, 6.07) is 9.96. The number of carbonyl (C=O) groups excluding carboxylic acids is 1. The summed E-state index contributed by atoms with van der Waals surface area (Å²) < 4.78 is 25.2. The molecule has 0 radical (unpaired) electrons. The van der Waals surface area contributed by atoms with Crippen LogP contribution in [0.15, 0.2) is 48.0 Å². The highest BCUT2D eigenvalue weighted by Crippen LogP contribution is 2.33. The maximum atomic E-state index is 14.8. The van der Waals surface area contributed by atoms with E-state index in [9.17, 15) is 9.18 Å². The molecule has 0 aliphatic carbocycles. The second-order valence-corrected chi connectivity index (χ2v) is 5.89. The molecule has 6 nitrogen and oxygen atoms in total. The second kappa shape index (κ2) is 10.2. The Labute approximate surface area is 164 Å². The van der Waals surface area contributed by atoms with Crippen LogP contribution < -0.4 is 15.4 Å². The Morgan fingerprint density at radius 3 is 2.39 bits per heavy atom. The summed E-state index contributed by atoms with van der Waals surface area (Å²) in [6.07, 6.45) is 1.58. The Kier molecular flexibility index (Phi) is 7.71. The number of nitrogens with zero attached hydrogens (tertiary/aromatic N) is 1. The third-order valence-corrected chi connectivity index (χ3v) is 3.67. The first-order valence-electron chi connectivity index (χ1n) is 8.72. The number of aliphatic imine (C=N–C) groups is 1. The van der Waals surface area contributed by atoms with Crippen LogP contribution in [0.2, 0.25) is 0 Å². The van der Waals surface area contributed by atoms with Crippen LogP contribution in [0.4, 0.5) is 21.5 Å². The number of amides is 1. The molecule has 0 aliphatic rings. The quantitative estimate of drug-likeness (QED) is 0.488. The Morgan fingerprint density at radius 1 is 1.18 bits per heavy atom. The van der Waals surface area contributed by atoms with Gasteiger partial charge in [0.2, 0.25) is 5.91 Å². The van der Waals surface area contributed by atoms with E-state index in [-0.39, 0.29) is 11.5 Å². The summed E-state index contributed by atoms with van der Waals surface area (Å²) in [6.45, 7) is 7.84. The van der Waals surface area contributed by atoms with E-state index < -0.39 is 5.82 Å². The van der Waals surface area contributed by atoms with Gasteiger partial charge in [-0.25, -0.2) is 4.39 Å². The fourth-order valence-electron chi connectivity index (χ4n) is 2.51. The second-order valence-electron chi connectivity index (χ2n) is 5.89. The lowest BCUT2D eigenvalue weighted by Gasteiger charge is -2.15. The maximum Gasteiger partial charge on any atom is 0.221 e. The van der Waals surface area contributed by atoms with Gasteiger partial charge in [0.05, 0.1) is 17.9 Å². The molecule has 0 unspecified atom stereocenters. The van der Waals surface area contributed by atoms with Crippen molar-refractivity contribution in [2.75, 3.05) is 31.0 Å². The first-order valence-corrected chi connectivity index (χ1v) is 8.72. The average molecular weight is 385 g/mol. The molecule has 2 aromatic rings. The molecule has 7 heteroatoms. The first kappa shape index (κ1) is 21.1. The Hall–Kier alpha value is -3.19. The van der Waals surface area contributed by atoms with Gasteiger partial charge in [0.1, 0.15) is 18.2 Å². The SMILES string of the molecule is C=C(Nc1ccc(NC(C)=O)cc1)c1c(F)cc(OCCOC)cc1N=CC. The number of anilines is 2. The van der Waals surface area contributed by atoms with Gasteiger partial charge in [0.15, 0.2) is 0 Å². The van der Waals surface area contributed by atoms with Crippen LogP contribution in [0, 0.1) is 5.82 Å². The van der Waals surface area contributed by atoms with E-state index in [1.165, 1.54) is 13.0 Å². The molecule has 0 saturated carbocycles. The van der Waals surface area contributed by atoms with E-state index in [2.05, 4.69) is 22.2 Å². The highest BCUT2D eigenvalue weighted by Gasteiger charge is 2.15. The van der Waals surface area contributed by atoms with E-state index >= 15 is 0 Å².